The van der Waals surface area contributed by atoms with Crippen LogP contribution in [-0.4, -0.2) is 49.4 Å². The molecule has 1 aromatic rings. The van der Waals surface area contributed by atoms with Gasteiger partial charge in [-0.3, -0.25) is 4.90 Å². The summed E-state index contributed by atoms with van der Waals surface area (Å²) in [6, 6.07) is 0.511. The summed E-state index contributed by atoms with van der Waals surface area (Å²) in [6.45, 7) is 9.12. The van der Waals surface area contributed by atoms with Crippen molar-refractivity contribution in [3.05, 3.63) is 5.82 Å². The predicted molar refractivity (Wildman–Crippen MR) is 74.9 cm³/mol. The molecule has 0 bridgehead atoms. The number of aromatic nitrogens is 4. The predicted octanol–water partition coefficient (Wildman–Crippen LogP) is 1.24. The van der Waals surface area contributed by atoms with Gasteiger partial charge in [0.25, 0.3) is 0 Å². The van der Waals surface area contributed by atoms with Crippen molar-refractivity contribution in [3.63, 3.8) is 0 Å². The zero-order valence-electron chi connectivity index (χ0n) is 12.7. The molecule has 0 amide bonds. The molecule has 1 aliphatic carbocycles. The first-order valence-corrected chi connectivity index (χ1v) is 7.62. The fourth-order valence-corrected chi connectivity index (χ4v) is 3.27. The molecule has 0 aromatic carbocycles. The zero-order chi connectivity index (χ0) is 14.3. The van der Waals surface area contributed by atoms with E-state index in [4.69, 9.17) is 0 Å². The number of piperidine rings is 1. The zero-order valence-corrected chi connectivity index (χ0v) is 12.7. The van der Waals surface area contributed by atoms with Crippen molar-refractivity contribution in [2.24, 2.45) is 11.3 Å². The van der Waals surface area contributed by atoms with E-state index in [1.165, 1.54) is 12.8 Å². The Morgan fingerprint density at radius 2 is 2.00 bits per heavy atom. The Balaban J connectivity index is 1.61. The normalized spacial score (nSPS) is 28.8. The van der Waals surface area contributed by atoms with Crippen LogP contribution >= 0.6 is 0 Å². The number of likely N-dealkylation sites (tertiary alicyclic amines) is 1. The van der Waals surface area contributed by atoms with Crippen LogP contribution in [0.2, 0.25) is 0 Å². The van der Waals surface area contributed by atoms with Gasteiger partial charge in [-0.2, -0.15) is 0 Å². The van der Waals surface area contributed by atoms with Gasteiger partial charge in [0, 0.05) is 6.54 Å². The highest BCUT2D eigenvalue weighted by Crippen LogP contribution is 2.36. The van der Waals surface area contributed by atoms with Crippen LogP contribution in [0.25, 0.3) is 0 Å². The van der Waals surface area contributed by atoms with Crippen LogP contribution in [-0.2, 0) is 6.54 Å². The van der Waals surface area contributed by atoms with Gasteiger partial charge in [0.05, 0.1) is 18.7 Å². The Hall–Kier alpha value is -1.01. The van der Waals surface area contributed by atoms with Crippen molar-refractivity contribution in [2.75, 3.05) is 13.1 Å². The van der Waals surface area contributed by atoms with Gasteiger partial charge in [0.15, 0.2) is 5.82 Å². The molecule has 1 N–H and O–H groups in total. The monoisotopic (exact) mass is 279 g/mol. The molecule has 1 saturated carbocycles. The van der Waals surface area contributed by atoms with Crippen LogP contribution in [0, 0.1) is 11.3 Å². The van der Waals surface area contributed by atoms with E-state index in [0.717, 1.165) is 31.9 Å². The molecule has 1 saturated heterocycles. The van der Waals surface area contributed by atoms with E-state index in [-0.39, 0.29) is 11.5 Å². The van der Waals surface area contributed by atoms with Crippen molar-refractivity contribution in [1.29, 1.82) is 0 Å². The first-order valence-electron chi connectivity index (χ1n) is 7.62. The molecule has 2 heterocycles. The standard InChI is InChI=1S/C14H25N5O/c1-14(2,3)11-6-7-18(8-12(11)20)9-13-15-16-17-19(13)10-4-5-10/h10-12,20H,4-9H2,1-3H3/t11-,12-/m1/s1. The second-order valence-electron chi connectivity index (χ2n) is 7.33. The molecule has 112 valence electrons. The first-order chi connectivity index (χ1) is 9.45. The van der Waals surface area contributed by atoms with Crippen LogP contribution in [0.3, 0.4) is 0 Å². The van der Waals surface area contributed by atoms with E-state index in [1.54, 1.807) is 0 Å². The van der Waals surface area contributed by atoms with Crippen molar-refractivity contribution in [2.45, 2.75) is 58.7 Å². The number of tetrazole rings is 1. The van der Waals surface area contributed by atoms with Crippen LogP contribution < -0.4 is 0 Å². The summed E-state index contributed by atoms with van der Waals surface area (Å²) in [5.41, 5.74) is 0.168. The van der Waals surface area contributed by atoms with E-state index < -0.39 is 0 Å². The lowest BCUT2D eigenvalue weighted by atomic mass is 9.74. The Morgan fingerprint density at radius 3 is 2.60 bits per heavy atom. The largest absolute Gasteiger partial charge is 0.391 e. The highest BCUT2D eigenvalue weighted by Gasteiger charge is 2.36. The molecule has 2 atom stereocenters. The van der Waals surface area contributed by atoms with Gasteiger partial charge in [0.2, 0.25) is 0 Å². The SMILES string of the molecule is CC(C)(C)[C@@H]1CCN(Cc2nnnn2C2CC2)C[C@H]1O. The van der Waals surface area contributed by atoms with Crippen LogP contribution in [0.15, 0.2) is 0 Å². The minimum atomic E-state index is -0.256. The number of hydrogen-bond donors (Lipinski definition) is 1. The summed E-state index contributed by atoms with van der Waals surface area (Å²) in [6.07, 6.45) is 3.16. The van der Waals surface area contributed by atoms with E-state index in [9.17, 15) is 5.11 Å². The second-order valence-corrected chi connectivity index (χ2v) is 7.33. The highest BCUT2D eigenvalue weighted by molar-refractivity contribution is 4.93. The summed E-state index contributed by atoms with van der Waals surface area (Å²) in [5, 5.41) is 22.4. The lowest BCUT2D eigenvalue weighted by molar-refractivity contribution is -0.0274. The fourth-order valence-electron chi connectivity index (χ4n) is 3.27. The topological polar surface area (TPSA) is 67.1 Å². The third-order valence-electron chi connectivity index (χ3n) is 4.60. The molecule has 2 fully saturated rings. The van der Waals surface area contributed by atoms with Crippen molar-refractivity contribution in [1.82, 2.24) is 25.1 Å². The number of aliphatic hydroxyl groups excluding tert-OH is 1. The Labute approximate surface area is 120 Å². The average molecular weight is 279 g/mol. The maximum Gasteiger partial charge on any atom is 0.165 e. The van der Waals surface area contributed by atoms with Gasteiger partial charge in [-0.1, -0.05) is 20.8 Å². The second kappa shape index (κ2) is 5.07. The maximum absolute atomic E-state index is 10.4. The van der Waals surface area contributed by atoms with Gasteiger partial charge in [-0.25, -0.2) is 4.68 Å². The molecule has 6 heteroatoms. The van der Waals surface area contributed by atoms with E-state index >= 15 is 0 Å². The van der Waals surface area contributed by atoms with Crippen LogP contribution in [0.4, 0.5) is 0 Å². The molecular formula is C14H25N5O. The van der Waals surface area contributed by atoms with Gasteiger partial charge >= 0.3 is 0 Å². The number of rotatable bonds is 3. The molecule has 2 aliphatic rings. The summed E-state index contributed by atoms with van der Waals surface area (Å²) in [7, 11) is 0. The van der Waals surface area contributed by atoms with Crippen molar-refractivity contribution >= 4 is 0 Å². The number of nitrogens with zero attached hydrogens (tertiary/aromatic N) is 5. The van der Waals surface area contributed by atoms with Crippen LogP contribution in [0.5, 0.6) is 0 Å². The van der Waals surface area contributed by atoms with E-state index in [2.05, 4.69) is 41.2 Å². The number of hydrogen-bond acceptors (Lipinski definition) is 5. The lowest BCUT2D eigenvalue weighted by Gasteiger charge is -2.42. The number of β-amino-alcohol motifs (C(OH)–C–C–N with tert-alkyl or cyclic N) is 1. The summed E-state index contributed by atoms with van der Waals surface area (Å²) in [4.78, 5) is 2.28. The molecule has 6 nitrogen and oxygen atoms in total. The smallest absolute Gasteiger partial charge is 0.165 e. The molecular weight excluding hydrogens is 254 g/mol. The Bertz CT molecular complexity index is 462. The van der Waals surface area contributed by atoms with Crippen LogP contribution in [0.1, 0.15) is 51.9 Å². The Kier molecular flexibility index (Phi) is 3.54. The summed E-state index contributed by atoms with van der Waals surface area (Å²) in [5.74, 6) is 1.31. The maximum atomic E-state index is 10.4. The van der Waals surface area contributed by atoms with Gasteiger partial charge in [-0.05, 0) is 47.6 Å². The first kappa shape index (κ1) is 13.9. The quantitative estimate of drug-likeness (QED) is 0.901. The molecule has 1 aromatic heterocycles. The highest BCUT2D eigenvalue weighted by atomic mass is 16.3. The molecule has 0 spiro atoms. The van der Waals surface area contributed by atoms with E-state index in [0.29, 0.717) is 12.0 Å². The summed E-state index contributed by atoms with van der Waals surface area (Å²) >= 11 is 0. The molecule has 20 heavy (non-hydrogen) atoms. The molecule has 0 unspecified atom stereocenters. The third-order valence-corrected chi connectivity index (χ3v) is 4.60. The lowest BCUT2D eigenvalue weighted by Crippen LogP contribution is -2.47. The van der Waals surface area contributed by atoms with Gasteiger partial charge < -0.3 is 5.11 Å². The third kappa shape index (κ3) is 2.86. The van der Waals surface area contributed by atoms with Gasteiger partial charge in [-0.15, -0.1) is 5.10 Å². The minimum Gasteiger partial charge on any atom is -0.391 e. The molecule has 0 radical (unpaired) electrons. The van der Waals surface area contributed by atoms with Crippen molar-refractivity contribution in [3.8, 4) is 0 Å². The fraction of sp³-hybridized carbons (Fsp3) is 0.929. The van der Waals surface area contributed by atoms with Crippen molar-refractivity contribution < 1.29 is 5.11 Å². The molecule has 1 aliphatic heterocycles. The Morgan fingerprint density at radius 1 is 1.25 bits per heavy atom. The van der Waals surface area contributed by atoms with E-state index in [1.807, 2.05) is 4.68 Å². The average Bonchev–Trinajstić information content (AvgIpc) is 3.09. The summed E-state index contributed by atoms with van der Waals surface area (Å²) < 4.78 is 1.96. The molecule has 3 rings (SSSR count). The number of aliphatic hydroxyl groups is 1. The van der Waals surface area contributed by atoms with Gasteiger partial charge in [0.1, 0.15) is 0 Å². The minimum absolute atomic E-state index is 0.168.